The number of nitrogens with zero attached hydrogens (tertiary/aromatic N) is 2. The zero-order valence-electron chi connectivity index (χ0n) is 17.6. The van der Waals surface area contributed by atoms with Crippen molar-refractivity contribution in [3.05, 3.63) is 87.5 Å². The molecular formula is C22H12ClF6N5O2. The second-order valence-corrected chi connectivity index (χ2v) is 7.50. The van der Waals surface area contributed by atoms with Crippen LogP contribution >= 0.6 is 11.6 Å². The number of hydrazine groups is 1. The van der Waals surface area contributed by atoms with Crippen LogP contribution < -0.4 is 16.2 Å². The van der Waals surface area contributed by atoms with Crippen molar-refractivity contribution in [2.24, 2.45) is 0 Å². The summed E-state index contributed by atoms with van der Waals surface area (Å²) in [5, 5.41) is 11.3. The van der Waals surface area contributed by atoms with Crippen LogP contribution in [0, 0.1) is 28.8 Å². The van der Waals surface area contributed by atoms with Crippen molar-refractivity contribution in [2.75, 3.05) is 0 Å². The molecule has 0 fully saturated rings. The number of nitrogens with one attached hydrogen (secondary N) is 3. The third-order valence-electron chi connectivity index (χ3n) is 4.59. The number of carbonyl (C=O) groups is 2. The van der Waals surface area contributed by atoms with E-state index in [1.807, 2.05) is 5.43 Å². The van der Waals surface area contributed by atoms with E-state index in [9.17, 15) is 35.9 Å². The second kappa shape index (κ2) is 10.5. The van der Waals surface area contributed by atoms with Gasteiger partial charge in [-0.3, -0.25) is 15.2 Å². The highest BCUT2D eigenvalue weighted by Gasteiger charge is 2.32. The number of hydrogen-bond acceptors (Lipinski definition) is 4. The van der Waals surface area contributed by atoms with Gasteiger partial charge in [0.2, 0.25) is 0 Å². The van der Waals surface area contributed by atoms with E-state index >= 15 is 0 Å². The molecule has 7 nitrogen and oxygen atoms in total. The number of carbonyl (C=O) groups excluding carboxylic acids is 2. The number of nitriles is 1. The lowest BCUT2D eigenvalue weighted by Gasteiger charge is -2.12. The topological polar surface area (TPSA) is 107 Å². The van der Waals surface area contributed by atoms with Crippen LogP contribution in [0.5, 0.6) is 0 Å². The number of amides is 3. The molecule has 0 aliphatic rings. The summed E-state index contributed by atoms with van der Waals surface area (Å²) in [6.45, 7) is -0.499. The molecule has 1 aromatic heterocycles. The Balaban J connectivity index is 1.63. The quantitative estimate of drug-likeness (QED) is 0.333. The minimum absolute atomic E-state index is 0.0000983. The second-order valence-electron chi connectivity index (χ2n) is 7.06. The molecule has 0 radical (unpaired) electrons. The van der Waals surface area contributed by atoms with E-state index in [4.69, 9.17) is 16.9 Å². The molecule has 2 aromatic carbocycles. The molecule has 3 aromatic rings. The average molecular weight is 528 g/mol. The van der Waals surface area contributed by atoms with Gasteiger partial charge in [0, 0.05) is 27.9 Å². The van der Waals surface area contributed by atoms with Crippen molar-refractivity contribution in [3.63, 3.8) is 0 Å². The molecule has 1 heterocycles. The summed E-state index contributed by atoms with van der Waals surface area (Å²) in [7, 11) is 0. The molecule has 0 saturated carbocycles. The summed E-state index contributed by atoms with van der Waals surface area (Å²) in [5.41, 5.74) is 0.883. The van der Waals surface area contributed by atoms with E-state index in [2.05, 4.69) is 10.3 Å². The van der Waals surface area contributed by atoms with Crippen LogP contribution in [0.1, 0.15) is 27.2 Å². The molecule has 186 valence electrons. The van der Waals surface area contributed by atoms with Crippen molar-refractivity contribution in [2.45, 2.75) is 12.7 Å². The van der Waals surface area contributed by atoms with Gasteiger partial charge in [-0.1, -0.05) is 11.6 Å². The number of alkyl halides is 3. The van der Waals surface area contributed by atoms with Crippen molar-refractivity contribution < 1.29 is 35.9 Å². The van der Waals surface area contributed by atoms with Gasteiger partial charge < -0.3 is 5.32 Å². The van der Waals surface area contributed by atoms with Crippen molar-refractivity contribution >= 4 is 23.5 Å². The lowest BCUT2D eigenvalue weighted by molar-refractivity contribution is -0.137. The van der Waals surface area contributed by atoms with Crippen LogP contribution in [0.3, 0.4) is 0 Å². The summed E-state index contributed by atoms with van der Waals surface area (Å²) in [6.07, 6.45) is -3.78. The Morgan fingerprint density at radius 1 is 1.00 bits per heavy atom. The molecule has 0 aliphatic carbocycles. The molecule has 0 bridgehead atoms. The molecule has 0 saturated heterocycles. The molecule has 3 N–H and O–H groups in total. The van der Waals surface area contributed by atoms with Gasteiger partial charge in [0.25, 0.3) is 5.91 Å². The predicted molar refractivity (Wildman–Crippen MR) is 114 cm³/mol. The van der Waals surface area contributed by atoms with Gasteiger partial charge in [0.15, 0.2) is 0 Å². The molecule has 3 amide bonds. The Kier molecular flexibility index (Phi) is 7.69. The monoisotopic (exact) mass is 527 g/mol. The SMILES string of the molecule is N#Cc1c(F)cc(Cl)cc1-c1cnc(CNC(=O)NNC(=O)c2cc(F)cc(C(F)(F)F)c2)c(F)c1. The molecular weight excluding hydrogens is 516 g/mol. The van der Waals surface area contributed by atoms with E-state index in [1.165, 1.54) is 6.07 Å². The number of aromatic nitrogens is 1. The minimum atomic E-state index is -4.90. The molecule has 0 atom stereocenters. The van der Waals surface area contributed by atoms with Crippen molar-refractivity contribution in [1.82, 2.24) is 21.2 Å². The summed E-state index contributed by atoms with van der Waals surface area (Å²) in [4.78, 5) is 27.7. The number of rotatable bonds is 4. The largest absolute Gasteiger partial charge is 0.416 e. The first-order chi connectivity index (χ1) is 16.9. The van der Waals surface area contributed by atoms with Crippen LogP contribution in [0.25, 0.3) is 11.1 Å². The fourth-order valence-electron chi connectivity index (χ4n) is 2.94. The standard InChI is InChI=1S/C22H12ClF6N5O2/c23-13-5-15(16(7-30)17(25)6-13)11-3-18(26)19(31-8-11)9-32-21(36)34-33-20(35)10-1-12(22(27,28)29)4-14(24)2-10/h1-6,8H,9H2,(H,33,35)(H2,32,34,36). The van der Waals surface area contributed by atoms with E-state index < -0.39 is 53.2 Å². The maximum Gasteiger partial charge on any atom is 0.416 e. The van der Waals surface area contributed by atoms with Gasteiger partial charge in [0.1, 0.15) is 23.5 Å². The number of halogens is 7. The smallest absolute Gasteiger partial charge is 0.331 e. The molecule has 0 aliphatic heterocycles. The Bertz CT molecular complexity index is 1390. The number of urea groups is 1. The maximum absolute atomic E-state index is 14.5. The summed E-state index contributed by atoms with van der Waals surface area (Å²) >= 11 is 5.79. The van der Waals surface area contributed by atoms with Gasteiger partial charge in [-0.05, 0) is 36.4 Å². The van der Waals surface area contributed by atoms with E-state index in [-0.39, 0.29) is 33.5 Å². The van der Waals surface area contributed by atoms with Gasteiger partial charge in [0.05, 0.1) is 23.4 Å². The summed E-state index contributed by atoms with van der Waals surface area (Å²) in [5.74, 6) is -4.39. The highest BCUT2D eigenvalue weighted by molar-refractivity contribution is 6.31. The highest BCUT2D eigenvalue weighted by atomic mass is 35.5. The Labute approximate surface area is 203 Å². The van der Waals surface area contributed by atoms with E-state index in [0.29, 0.717) is 12.1 Å². The number of benzene rings is 2. The first-order valence-electron chi connectivity index (χ1n) is 9.65. The average Bonchev–Trinajstić information content (AvgIpc) is 2.80. The van der Waals surface area contributed by atoms with E-state index in [1.54, 1.807) is 11.5 Å². The van der Waals surface area contributed by atoms with Crippen LogP contribution in [0.4, 0.5) is 31.1 Å². The van der Waals surface area contributed by atoms with Crippen LogP contribution in [0.15, 0.2) is 42.6 Å². The van der Waals surface area contributed by atoms with E-state index in [0.717, 1.165) is 18.3 Å². The molecule has 3 rings (SSSR count). The normalized spacial score (nSPS) is 10.9. The molecule has 0 unspecified atom stereocenters. The molecule has 36 heavy (non-hydrogen) atoms. The Morgan fingerprint density at radius 2 is 1.72 bits per heavy atom. The summed E-state index contributed by atoms with van der Waals surface area (Å²) < 4.78 is 80.1. The van der Waals surface area contributed by atoms with Crippen LogP contribution in [0.2, 0.25) is 5.02 Å². The first-order valence-corrected chi connectivity index (χ1v) is 10.0. The highest BCUT2D eigenvalue weighted by Crippen LogP contribution is 2.31. The zero-order chi connectivity index (χ0) is 26.6. The molecule has 0 spiro atoms. The fraction of sp³-hybridized carbons (Fsp3) is 0.0909. The Morgan fingerprint density at radius 3 is 2.36 bits per heavy atom. The van der Waals surface area contributed by atoms with Crippen molar-refractivity contribution in [1.29, 1.82) is 5.26 Å². The van der Waals surface area contributed by atoms with Gasteiger partial charge in [-0.2, -0.15) is 18.4 Å². The number of hydrogen-bond donors (Lipinski definition) is 3. The van der Waals surface area contributed by atoms with Crippen LogP contribution in [-0.2, 0) is 12.7 Å². The number of pyridine rings is 1. The first kappa shape index (κ1) is 26.3. The Hall–Kier alpha value is -4.31. The lowest BCUT2D eigenvalue weighted by atomic mass is 10.0. The van der Waals surface area contributed by atoms with Crippen molar-refractivity contribution in [3.8, 4) is 17.2 Å². The van der Waals surface area contributed by atoms with Gasteiger partial charge >= 0.3 is 12.2 Å². The zero-order valence-corrected chi connectivity index (χ0v) is 18.4. The third kappa shape index (κ3) is 6.22. The third-order valence-corrected chi connectivity index (χ3v) is 4.81. The van der Waals surface area contributed by atoms with Gasteiger partial charge in [-0.15, -0.1) is 0 Å². The summed E-state index contributed by atoms with van der Waals surface area (Å²) in [6, 6.07) is 4.81. The predicted octanol–water partition coefficient (Wildman–Crippen LogP) is 4.85. The maximum atomic E-state index is 14.5. The fourth-order valence-corrected chi connectivity index (χ4v) is 3.14. The minimum Gasteiger partial charge on any atom is -0.331 e. The lowest BCUT2D eigenvalue weighted by Crippen LogP contribution is -2.46. The molecule has 14 heteroatoms. The van der Waals surface area contributed by atoms with Crippen LogP contribution in [-0.4, -0.2) is 16.9 Å². The van der Waals surface area contributed by atoms with Gasteiger partial charge in [-0.25, -0.2) is 23.4 Å².